The maximum absolute atomic E-state index is 11.6. The summed E-state index contributed by atoms with van der Waals surface area (Å²) < 4.78 is 10.2. The Morgan fingerprint density at radius 3 is 2.61 bits per heavy atom. The van der Waals surface area contributed by atoms with Crippen LogP contribution in [0, 0.1) is 11.3 Å². The molecule has 0 aliphatic rings. The molecule has 18 heavy (non-hydrogen) atoms. The molecule has 0 aromatic heterocycles. The van der Waals surface area contributed by atoms with Crippen molar-refractivity contribution in [2.45, 2.75) is 26.7 Å². The monoisotopic (exact) mass is 247 g/mol. The third-order valence-corrected chi connectivity index (χ3v) is 2.66. The summed E-state index contributed by atoms with van der Waals surface area (Å²) in [6.07, 6.45) is 0.909. The summed E-state index contributed by atoms with van der Waals surface area (Å²) in [5, 5.41) is 8.94. The van der Waals surface area contributed by atoms with Crippen molar-refractivity contribution in [1.82, 2.24) is 0 Å². The van der Waals surface area contributed by atoms with Gasteiger partial charge in [-0.1, -0.05) is 6.92 Å². The van der Waals surface area contributed by atoms with Crippen LogP contribution in [0.4, 0.5) is 0 Å². The van der Waals surface area contributed by atoms with Crippen molar-refractivity contribution in [3.63, 3.8) is 0 Å². The van der Waals surface area contributed by atoms with E-state index in [4.69, 9.17) is 14.7 Å². The standard InChI is InChI=1S/C14H17NO3/c1-4-11-6-10(9-15)7-13(17-3)12(11)8-14(16)18-5-2/h6-7H,4-5,8H2,1-3H3. The molecule has 1 aromatic rings. The average Bonchev–Trinajstić information content (AvgIpc) is 2.39. The second kappa shape index (κ2) is 6.65. The number of rotatable bonds is 5. The van der Waals surface area contributed by atoms with Gasteiger partial charge in [0.1, 0.15) is 5.75 Å². The van der Waals surface area contributed by atoms with Gasteiger partial charge in [0.2, 0.25) is 0 Å². The zero-order valence-electron chi connectivity index (χ0n) is 10.9. The molecule has 0 heterocycles. The first-order valence-corrected chi connectivity index (χ1v) is 5.91. The lowest BCUT2D eigenvalue weighted by Gasteiger charge is -2.13. The van der Waals surface area contributed by atoms with Crippen LogP contribution in [0.3, 0.4) is 0 Å². The van der Waals surface area contributed by atoms with Crippen LogP contribution in [-0.4, -0.2) is 19.7 Å². The molecule has 0 radical (unpaired) electrons. The second-order valence-corrected chi connectivity index (χ2v) is 3.76. The van der Waals surface area contributed by atoms with Crippen molar-refractivity contribution < 1.29 is 14.3 Å². The molecule has 0 atom stereocenters. The van der Waals surface area contributed by atoms with E-state index in [9.17, 15) is 4.79 Å². The topological polar surface area (TPSA) is 59.3 Å². The first-order valence-electron chi connectivity index (χ1n) is 5.91. The smallest absolute Gasteiger partial charge is 0.310 e. The van der Waals surface area contributed by atoms with Crippen molar-refractivity contribution in [2.24, 2.45) is 0 Å². The van der Waals surface area contributed by atoms with Gasteiger partial charge >= 0.3 is 5.97 Å². The van der Waals surface area contributed by atoms with Gasteiger partial charge in [-0.25, -0.2) is 0 Å². The number of esters is 1. The average molecular weight is 247 g/mol. The van der Waals surface area contributed by atoms with Gasteiger partial charge in [0.05, 0.1) is 31.8 Å². The van der Waals surface area contributed by atoms with Gasteiger partial charge in [-0.3, -0.25) is 4.79 Å². The Labute approximate surface area is 107 Å². The van der Waals surface area contributed by atoms with Crippen LogP contribution >= 0.6 is 0 Å². The molecule has 0 spiro atoms. The normalized spacial score (nSPS) is 9.67. The number of benzene rings is 1. The number of nitrogens with zero attached hydrogens (tertiary/aromatic N) is 1. The minimum atomic E-state index is -0.282. The van der Waals surface area contributed by atoms with Crippen molar-refractivity contribution in [3.05, 3.63) is 28.8 Å². The van der Waals surface area contributed by atoms with E-state index in [2.05, 4.69) is 6.07 Å². The Morgan fingerprint density at radius 1 is 1.39 bits per heavy atom. The molecule has 0 saturated heterocycles. The largest absolute Gasteiger partial charge is 0.496 e. The molecule has 0 unspecified atom stereocenters. The SMILES string of the molecule is CCOC(=O)Cc1c(CC)cc(C#N)cc1OC. The lowest BCUT2D eigenvalue weighted by atomic mass is 9.98. The quantitative estimate of drug-likeness (QED) is 0.749. The zero-order chi connectivity index (χ0) is 13.5. The number of hydrogen-bond acceptors (Lipinski definition) is 4. The lowest BCUT2D eigenvalue weighted by Crippen LogP contribution is -2.10. The molecular weight excluding hydrogens is 230 g/mol. The summed E-state index contributed by atoms with van der Waals surface area (Å²) in [5.74, 6) is 0.286. The van der Waals surface area contributed by atoms with Gasteiger partial charge in [0.15, 0.2) is 0 Å². The molecule has 0 saturated carbocycles. The number of aryl methyl sites for hydroxylation is 1. The third-order valence-electron chi connectivity index (χ3n) is 2.66. The van der Waals surface area contributed by atoms with Gasteiger partial charge in [-0.05, 0) is 31.0 Å². The first-order chi connectivity index (χ1) is 8.65. The number of nitriles is 1. The fourth-order valence-corrected chi connectivity index (χ4v) is 1.82. The van der Waals surface area contributed by atoms with E-state index < -0.39 is 0 Å². The number of hydrogen-bond donors (Lipinski definition) is 0. The first kappa shape index (κ1) is 14.0. The summed E-state index contributed by atoms with van der Waals surface area (Å²) in [5.41, 5.74) is 2.28. The van der Waals surface area contributed by atoms with Crippen molar-refractivity contribution >= 4 is 5.97 Å². The summed E-state index contributed by atoms with van der Waals surface area (Å²) in [6.45, 7) is 4.11. The maximum Gasteiger partial charge on any atom is 0.310 e. The lowest BCUT2D eigenvalue weighted by molar-refractivity contribution is -0.142. The highest BCUT2D eigenvalue weighted by Gasteiger charge is 2.15. The van der Waals surface area contributed by atoms with Gasteiger partial charge in [0.25, 0.3) is 0 Å². The molecule has 1 rings (SSSR count). The van der Waals surface area contributed by atoms with Crippen LogP contribution in [0.2, 0.25) is 0 Å². The van der Waals surface area contributed by atoms with E-state index in [0.29, 0.717) is 17.9 Å². The minimum Gasteiger partial charge on any atom is -0.496 e. The van der Waals surface area contributed by atoms with Gasteiger partial charge in [-0.2, -0.15) is 5.26 Å². The van der Waals surface area contributed by atoms with Crippen LogP contribution in [0.1, 0.15) is 30.5 Å². The molecule has 0 aliphatic carbocycles. The van der Waals surface area contributed by atoms with Crippen molar-refractivity contribution in [1.29, 1.82) is 5.26 Å². The Hall–Kier alpha value is -2.02. The molecule has 0 bridgehead atoms. The van der Waals surface area contributed by atoms with E-state index in [0.717, 1.165) is 17.5 Å². The highest BCUT2D eigenvalue weighted by molar-refractivity contribution is 5.74. The Morgan fingerprint density at radius 2 is 2.11 bits per heavy atom. The fraction of sp³-hybridized carbons (Fsp3) is 0.429. The maximum atomic E-state index is 11.6. The third kappa shape index (κ3) is 3.24. The second-order valence-electron chi connectivity index (χ2n) is 3.76. The summed E-state index contributed by atoms with van der Waals surface area (Å²) in [4.78, 5) is 11.6. The van der Waals surface area contributed by atoms with Crippen LogP contribution < -0.4 is 4.74 Å². The van der Waals surface area contributed by atoms with E-state index in [1.54, 1.807) is 19.1 Å². The van der Waals surface area contributed by atoms with Crippen LogP contribution in [0.15, 0.2) is 12.1 Å². The Balaban J connectivity index is 3.15. The van der Waals surface area contributed by atoms with Gasteiger partial charge < -0.3 is 9.47 Å². The highest BCUT2D eigenvalue weighted by Crippen LogP contribution is 2.26. The Kier molecular flexibility index (Phi) is 5.19. The molecule has 4 heteroatoms. The zero-order valence-corrected chi connectivity index (χ0v) is 10.9. The van der Waals surface area contributed by atoms with Crippen LogP contribution in [-0.2, 0) is 22.4 Å². The molecule has 4 nitrogen and oxygen atoms in total. The van der Waals surface area contributed by atoms with E-state index in [1.165, 1.54) is 7.11 Å². The molecule has 1 aromatic carbocycles. The predicted molar refractivity (Wildman–Crippen MR) is 67.4 cm³/mol. The Bertz CT molecular complexity index is 449. The number of ether oxygens (including phenoxy) is 2. The summed E-state index contributed by atoms with van der Waals surface area (Å²) in [6, 6.07) is 5.52. The van der Waals surface area contributed by atoms with Crippen molar-refractivity contribution in [2.75, 3.05) is 13.7 Å². The fourth-order valence-electron chi connectivity index (χ4n) is 1.82. The predicted octanol–water partition coefficient (Wildman–Crippen LogP) is 2.23. The number of methoxy groups -OCH3 is 1. The van der Waals surface area contributed by atoms with Crippen molar-refractivity contribution in [3.8, 4) is 11.8 Å². The molecule has 96 valence electrons. The molecule has 0 N–H and O–H groups in total. The van der Waals surface area contributed by atoms with E-state index in [-0.39, 0.29) is 12.4 Å². The highest BCUT2D eigenvalue weighted by atomic mass is 16.5. The van der Waals surface area contributed by atoms with Gasteiger partial charge in [-0.15, -0.1) is 0 Å². The minimum absolute atomic E-state index is 0.173. The molecule has 0 aliphatic heterocycles. The number of carbonyl (C=O) groups is 1. The molecule has 0 amide bonds. The molecule has 0 fully saturated rings. The van der Waals surface area contributed by atoms with E-state index in [1.807, 2.05) is 6.92 Å². The summed E-state index contributed by atoms with van der Waals surface area (Å²) in [7, 11) is 1.53. The summed E-state index contributed by atoms with van der Waals surface area (Å²) >= 11 is 0. The van der Waals surface area contributed by atoms with Crippen LogP contribution in [0.5, 0.6) is 5.75 Å². The van der Waals surface area contributed by atoms with E-state index >= 15 is 0 Å². The van der Waals surface area contributed by atoms with Gasteiger partial charge in [0, 0.05) is 5.56 Å². The number of carbonyl (C=O) groups excluding carboxylic acids is 1. The van der Waals surface area contributed by atoms with Crippen LogP contribution in [0.25, 0.3) is 0 Å². The molecular formula is C14H17NO3.